The summed E-state index contributed by atoms with van der Waals surface area (Å²) in [6.07, 6.45) is 1.84. The molecule has 0 radical (unpaired) electrons. The van der Waals surface area contributed by atoms with E-state index in [1.807, 2.05) is 6.92 Å². The number of hydrogen-bond donors (Lipinski definition) is 1. The van der Waals surface area contributed by atoms with Gasteiger partial charge in [-0.25, -0.2) is 4.39 Å². The number of methoxy groups -OCH3 is 1. The van der Waals surface area contributed by atoms with Gasteiger partial charge in [-0.2, -0.15) is 0 Å². The normalized spacial score (nSPS) is 37.5. The maximum atomic E-state index is 13.7. The van der Waals surface area contributed by atoms with Crippen LogP contribution in [0.4, 0.5) is 4.39 Å². The van der Waals surface area contributed by atoms with Gasteiger partial charge in [0.1, 0.15) is 5.67 Å². The maximum absolute atomic E-state index is 13.7. The van der Waals surface area contributed by atoms with Crippen molar-refractivity contribution >= 4 is 0 Å². The van der Waals surface area contributed by atoms with Gasteiger partial charge in [0.2, 0.25) is 0 Å². The van der Waals surface area contributed by atoms with E-state index in [1.54, 1.807) is 7.11 Å². The van der Waals surface area contributed by atoms with Crippen molar-refractivity contribution in [3.63, 3.8) is 0 Å². The Balaban J connectivity index is 2.27. The Hall–Kier alpha value is -0.150. The van der Waals surface area contributed by atoms with E-state index in [9.17, 15) is 4.39 Å². The molecule has 1 unspecified atom stereocenters. The molecular weight excluding hydrogens is 157 g/mol. The summed E-state index contributed by atoms with van der Waals surface area (Å²) in [4.78, 5) is 0. The Morgan fingerprint density at radius 2 is 2.25 bits per heavy atom. The maximum Gasteiger partial charge on any atom is 0.116 e. The van der Waals surface area contributed by atoms with Crippen molar-refractivity contribution in [3.05, 3.63) is 0 Å². The van der Waals surface area contributed by atoms with Crippen LogP contribution in [0, 0.1) is 5.92 Å². The van der Waals surface area contributed by atoms with Crippen LogP contribution in [0.25, 0.3) is 0 Å². The quantitative estimate of drug-likeness (QED) is 0.702. The van der Waals surface area contributed by atoms with E-state index in [1.165, 1.54) is 0 Å². The highest BCUT2D eigenvalue weighted by Gasteiger charge is 2.46. The lowest BCUT2D eigenvalue weighted by atomic mass is 9.69. The average Bonchev–Trinajstić information content (AvgIpc) is 1.97. The smallest absolute Gasteiger partial charge is 0.116 e. The molecule has 0 aliphatic heterocycles. The molecule has 1 aliphatic carbocycles. The van der Waals surface area contributed by atoms with Crippen molar-refractivity contribution < 1.29 is 9.13 Å². The van der Waals surface area contributed by atoms with Crippen molar-refractivity contribution in [1.29, 1.82) is 0 Å². The van der Waals surface area contributed by atoms with Gasteiger partial charge in [0, 0.05) is 19.8 Å². The first kappa shape index (κ1) is 9.93. The van der Waals surface area contributed by atoms with Gasteiger partial charge in [-0.1, -0.05) is 6.92 Å². The van der Waals surface area contributed by atoms with E-state index in [4.69, 9.17) is 10.5 Å². The third-order valence-electron chi connectivity index (χ3n) is 2.84. The van der Waals surface area contributed by atoms with E-state index in [-0.39, 0.29) is 12.0 Å². The molecule has 0 heterocycles. The minimum absolute atomic E-state index is 0.0808. The minimum Gasteiger partial charge on any atom is -0.385 e. The Bertz CT molecular complexity index is 145. The third kappa shape index (κ3) is 1.96. The van der Waals surface area contributed by atoms with Crippen LogP contribution in [0.1, 0.15) is 26.2 Å². The molecule has 1 aliphatic rings. The zero-order chi connectivity index (χ0) is 9.19. The molecule has 0 saturated heterocycles. The van der Waals surface area contributed by atoms with Crippen LogP contribution in [-0.2, 0) is 4.74 Å². The summed E-state index contributed by atoms with van der Waals surface area (Å²) in [5.74, 6) is 0.0808. The fraction of sp³-hybridized carbons (Fsp3) is 1.00. The highest BCUT2D eigenvalue weighted by atomic mass is 19.1. The molecule has 72 valence electrons. The van der Waals surface area contributed by atoms with Crippen LogP contribution in [-0.4, -0.2) is 25.4 Å². The van der Waals surface area contributed by atoms with Gasteiger partial charge in [-0.15, -0.1) is 0 Å². The summed E-state index contributed by atoms with van der Waals surface area (Å²) in [6, 6.07) is 0.0833. The summed E-state index contributed by atoms with van der Waals surface area (Å²) >= 11 is 0. The first-order valence-corrected chi connectivity index (χ1v) is 4.52. The van der Waals surface area contributed by atoms with Gasteiger partial charge in [-0.05, 0) is 25.2 Å². The first-order chi connectivity index (χ1) is 5.58. The van der Waals surface area contributed by atoms with Crippen molar-refractivity contribution in [2.75, 3.05) is 13.7 Å². The lowest BCUT2D eigenvalue weighted by molar-refractivity contribution is -0.0198. The molecule has 3 heteroatoms. The number of rotatable bonds is 4. The number of hydrogen-bond acceptors (Lipinski definition) is 2. The molecule has 0 aromatic carbocycles. The highest BCUT2D eigenvalue weighted by Crippen LogP contribution is 2.42. The molecule has 0 spiro atoms. The third-order valence-corrected chi connectivity index (χ3v) is 2.84. The monoisotopic (exact) mass is 175 g/mol. The van der Waals surface area contributed by atoms with Crippen LogP contribution in [0.3, 0.4) is 0 Å². The Morgan fingerprint density at radius 3 is 2.67 bits per heavy atom. The average molecular weight is 175 g/mol. The second kappa shape index (κ2) is 3.71. The van der Waals surface area contributed by atoms with E-state index in [0.717, 1.165) is 6.42 Å². The summed E-state index contributed by atoms with van der Waals surface area (Å²) in [6.45, 7) is 2.58. The molecule has 12 heavy (non-hydrogen) atoms. The van der Waals surface area contributed by atoms with Gasteiger partial charge >= 0.3 is 0 Å². The van der Waals surface area contributed by atoms with Crippen molar-refractivity contribution in [1.82, 2.24) is 0 Å². The molecule has 2 nitrogen and oxygen atoms in total. The SMILES string of the molecule is COCCC(C)C1(F)CC(N)C1. The van der Waals surface area contributed by atoms with Gasteiger partial charge in [0.15, 0.2) is 0 Å². The largest absolute Gasteiger partial charge is 0.385 e. The number of nitrogens with two attached hydrogens (primary N) is 1. The van der Waals surface area contributed by atoms with Crippen LogP contribution < -0.4 is 5.73 Å². The predicted molar refractivity (Wildman–Crippen MR) is 46.7 cm³/mol. The zero-order valence-electron chi connectivity index (χ0n) is 7.85. The number of ether oxygens (including phenoxy) is 1. The van der Waals surface area contributed by atoms with Crippen LogP contribution in [0.2, 0.25) is 0 Å². The van der Waals surface area contributed by atoms with Crippen molar-refractivity contribution in [2.45, 2.75) is 37.9 Å². The fourth-order valence-electron chi connectivity index (χ4n) is 1.77. The summed E-state index contributed by atoms with van der Waals surface area (Å²) in [7, 11) is 1.64. The molecule has 0 aromatic heterocycles. The Kier molecular flexibility index (Phi) is 3.07. The van der Waals surface area contributed by atoms with Crippen LogP contribution in [0.5, 0.6) is 0 Å². The van der Waals surface area contributed by atoms with Crippen LogP contribution >= 0.6 is 0 Å². The lowest BCUT2D eigenvalue weighted by Crippen LogP contribution is -2.52. The van der Waals surface area contributed by atoms with Crippen molar-refractivity contribution in [3.8, 4) is 0 Å². The lowest BCUT2D eigenvalue weighted by Gasteiger charge is -2.43. The molecule has 2 N–H and O–H groups in total. The summed E-state index contributed by atoms with van der Waals surface area (Å²) in [5.41, 5.74) is 4.55. The highest BCUT2D eigenvalue weighted by molar-refractivity contribution is 5.00. The molecule has 1 saturated carbocycles. The number of alkyl halides is 1. The van der Waals surface area contributed by atoms with Crippen molar-refractivity contribution in [2.24, 2.45) is 11.7 Å². The first-order valence-electron chi connectivity index (χ1n) is 4.52. The van der Waals surface area contributed by atoms with Gasteiger partial charge in [-0.3, -0.25) is 0 Å². The zero-order valence-corrected chi connectivity index (χ0v) is 7.85. The van der Waals surface area contributed by atoms with Crippen LogP contribution in [0.15, 0.2) is 0 Å². The van der Waals surface area contributed by atoms with E-state index < -0.39 is 5.67 Å². The van der Waals surface area contributed by atoms with Gasteiger partial charge < -0.3 is 10.5 Å². The molecule has 0 amide bonds. The standard InChI is InChI=1S/C9H18FNO/c1-7(3-4-12-2)9(10)5-8(11)6-9/h7-8H,3-6,11H2,1-2H3. The summed E-state index contributed by atoms with van der Waals surface area (Å²) < 4.78 is 18.6. The summed E-state index contributed by atoms with van der Waals surface area (Å²) in [5, 5.41) is 0. The Labute approximate surface area is 73.3 Å². The molecule has 1 rings (SSSR count). The molecule has 1 fully saturated rings. The molecular formula is C9H18FNO. The van der Waals surface area contributed by atoms with E-state index >= 15 is 0 Å². The van der Waals surface area contributed by atoms with E-state index in [2.05, 4.69) is 0 Å². The molecule has 1 atom stereocenters. The molecule has 0 aromatic rings. The predicted octanol–water partition coefficient (Wildman–Crippen LogP) is 1.49. The van der Waals surface area contributed by atoms with Gasteiger partial charge in [0.05, 0.1) is 0 Å². The number of halogens is 1. The molecule has 0 bridgehead atoms. The second-order valence-corrected chi connectivity index (χ2v) is 3.89. The second-order valence-electron chi connectivity index (χ2n) is 3.89. The Morgan fingerprint density at radius 1 is 1.67 bits per heavy atom. The topological polar surface area (TPSA) is 35.2 Å². The fourth-order valence-corrected chi connectivity index (χ4v) is 1.77. The minimum atomic E-state index is -1.00. The van der Waals surface area contributed by atoms with Gasteiger partial charge in [0.25, 0.3) is 0 Å². The van der Waals surface area contributed by atoms with E-state index in [0.29, 0.717) is 19.4 Å².